The summed E-state index contributed by atoms with van der Waals surface area (Å²) in [5.74, 6) is 0. The Labute approximate surface area is 81.9 Å². The minimum atomic E-state index is -0.0842. The van der Waals surface area contributed by atoms with Crippen LogP contribution in [0.4, 0.5) is 0 Å². The zero-order valence-corrected chi connectivity index (χ0v) is 9.00. The molecule has 0 saturated heterocycles. The Hall–Kier alpha value is -0.0800. The molecule has 13 heavy (non-hydrogen) atoms. The first-order valence-electron chi connectivity index (χ1n) is 5.64. The quantitative estimate of drug-likeness (QED) is 0.680. The van der Waals surface area contributed by atoms with Crippen LogP contribution < -0.4 is 0 Å². The van der Waals surface area contributed by atoms with Gasteiger partial charge in [-0.05, 0) is 32.9 Å². The summed E-state index contributed by atoms with van der Waals surface area (Å²) in [6.45, 7) is 3.31. The van der Waals surface area contributed by atoms with Crippen molar-refractivity contribution < 1.29 is 5.11 Å². The van der Waals surface area contributed by atoms with E-state index in [0.717, 1.165) is 13.0 Å². The molecule has 1 saturated carbocycles. The highest BCUT2D eigenvalue weighted by atomic mass is 16.3. The smallest absolute Gasteiger partial charge is 0.0695 e. The SMILES string of the molecule is CCCN(C)C1CCCCCC1O. The summed E-state index contributed by atoms with van der Waals surface area (Å²) in [6.07, 6.45) is 7.07. The van der Waals surface area contributed by atoms with Gasteiger partial charge in [-0.2, -0.15) is 0 Å². The van der Waals surface area contributed by atoms with Gasteiger partial charge in [-0.3, -0.25) is 0 Å². The van der Waals surface area contributed by atoms with Crippen molar-refractivity contribution in [2.75, 3.05) is 13.6 Å². The molecule has 1 rings (SSSR count). The zero-order valence-electron chi connectivity index (χ0n) is 9.00. The molecule has 1 aliphatic carbocycles. The number of hydrogen-bond donors (Lipinski definition) is 1. The monoisotopic (exact) mass is 185 g/mol. The molecule has 0 bridgehead atoms. The van der Waals surface area contributed by atoms with Gasteiger partial charge in [0, 0.05) is 6.04 Å². The van der Waals surface area contributed by atoms with Gasteiger partial charge in [0.2, 0.25) is 0 Å². The molecule has 2 atom stereocenters. The molecule has 0 aliphatic heterocycles. The second kappa shape index (κ2) is 5.61. The first-order chi connectivity index (χ1) is 6.25. The van der Waals surface area contributed by atoms with Crippen LogP contribution in [0.3, 0.4) is 0 Å². The number of aliphatic hydroxyl groups is 1. The number of aliphatic hydroxyl groups excluding tert-OH is 1. The van der Waals surface area contributed by atoms with Crippen molar-refractivity contribution in [3.8, 4) is 0 Å². The Morgan fingerprint density at radius 2 is 1.92 bits per heavy atom. The summed E-state index contributed by atoms with van der Waals surface area (Å²) in [6, 6.07) is 0.419. The highest BCUT2D eigenvalue weighted by Crippen LogP contribution is 2.21. The summed E-state index contributed by atoms with van der Waals surface area (Å²) >= 11 is 0. The Balaban J connectivity index is 2.43. The van der Waals surface area contributed by atoms with Crippen LogP contribution in [-0.4, -0.2) is 35.7 Å². The molecule has 0 heterocycles. The average Bonchev–Trinajstić information content (AvgIpc) is 2.30. The Bertz CT molecular complexity index is 138. The van der Waals surface area contributed by atoms with E-state index in [1.165, 1.54) is 32.1 Å². The van der Waals surface area contributed by atoms with E-state index in [1.54, 1.807) is 0 Å². The van der Waals surface area contributed by atoms with Crippen LogP contribution in [-0.2, 0) is 0 Å². The van der Waals surface area contributed by atoms with Crippen LogP contribution in [0.15, 0.2) is 0 Å². The summed E-state index contributed by atoms with van der Waals surface area (Å²) in [4.78, 5) is 2.33. The normalized spacial score (nSPS) is 30.5. The van der Waals surface area contributed by atoms with E-state index in [1.807, 2.05) is 0 Å². The van der Waals surface area contributed by atoms with Gasteiger partial charge >= 0.3 is 0 Å². The fourth-order valence-electron chi connectivity index (χ4n) is 2.30. The van der Waals surface area contributed by atoms with Crippen molar-refractivity contribution in [2.45, 2.75) is 57.6 Å². The lowest BCUT2D eigenvalue weighted by atomic mass is 10.0. The molecule has 1 aliphatic rings. The van der Waals surface area contributed by atoms with Crippen LogP contribution in [0.2, 0.25) is 0 Å². The standard InChI is InChI=1S/C11H23NO/c1-3-9-12(2)10-7-5-4-6-8-11(10)13/h10-11,13H,3-9H2,1-2H3. The summed E-state index contributed by atoms with van der Waals surface area (Å²) in [5, 5.41) is 9.90. The molecule has 2 nitrogen and oxygen atoms in total. The minimum absolute atomic E-state index is 0.0842. The van der Waals surface area contributed by atoms with E-state index in [9.17, 15) is 5.11 Å². The van der Waals surface area contributed by atoms with E-state index >= 15 is 0 Å². The zero-order chi connectivity index (χ0) is 9.68. The van der Waals surface area contributed by atoms with Gasteiger partial charge in [0.15, 0.2) is 0 Å². The predicted octanol–water partition coefficient (Wildman–Crippen LogP) is 2.02. The molecule has 1 fully saturated rings. The minimum Gasteiger partial charge on any atom is -0.391 e. The molecular weight excluding hydrogens is 162 g/mol. The lowest BCUT2D eigenvalue weighted by Gasteiger charge is -2.30. The maximum Gasteiger partial charge on any atom is 0.0695 e. The highest BCUT2D eigenvalue weighted by molar-refractivity contribution is 4.79. The fourth-order valence-corrected chi connectivity index (χ4v) is 2.30. The van der Waals surface area contributed by atoms with Crippen LogP contribution >= 0.6 is 0 Å². The van der Waals surface area contributed by atoms with Gasteiger partial charge < -0.3 is 10.0 Å². The second-order valence-corrected chi connectivity index (χ2v) is 4.25. The fraction of sp³-hybridized carbons (Fsp3) is 1.00. The van der Waals surface area contributed by atoms with Gasteiger partial charge in [-0.15, -0.1) is 0 Å². The van der Waals surface area contributed by atoms with E-state index < -0.39 is 0 Å². The first-order valence-corrected chi connectivity index (χ1v) is 5.64. The molecule has 0 spiro atoms. The van der Waals surface area contributed by atoms with Gasteiger partial charge in [0.05, 0.1) is 6.10 Å². The second-order valence-electron chi connectivity index (χ2n) is 4.25. The maximum atomic E-state index is 9.90. The van der Waals surface area contributed by atoms with Crippen molar-refractivity contribution >= 4 is 0 Å². The Morgan fingerprint density at radius 3 is 2.62 bits per heavy atom. The molecular formula is C11H23NO. The lowest BCUT2D eigenvalue weighted by molar-refractivity contribution is 0.0581. The van der Waals surface area contributed by atoms with Gasteiger partial charge in [-0.1, -0.05) is 26.2 Å². The Kier molecular flexibility index (Phi) is 4.74. The third kappa shape index (κ3) is 3.28. The van der Waals surface area contributed by atoms with Crippen LogP contribution in [0.1, 0.15) is 45.4 Å². The van der Waals surface area contributed by atoms with Crippen LogP contribution in [0.25, 0.3) is 0 Å². The first kappa shape index (κ1) is 11.0. The van der Waals surface area contributed by atoms with Gasteiger partial charge in [0.1, 0.15) is 0 Å². The third-order valence-electron chi connectivity index (χ3n) is 3.09. The predicted molar refractivity (Wildman–Crippen MR) is 55.8 cm³/mol. The molecule has 0 aromatic rings. The van der Waals surface area contributed by atoms with Gasteiger partial charge in [0.25, 0.3) is 0 Å². The van der Waals surface area contributed by atoms with Crippen molar-refractivity contribution in [1.82, 2.24) is 4.90 Å². The third-order valence-corrected chi connectivity index (χ3v) is 3.09. The molecule has 0 radical (unpaired) electrons. The average molecular weight is 185 g/mol. The van der Waals surface area contributed by atoms with Crippen molar-refractivity contribution in [2.24, 2.45) is 0 Å². The molecule has 78 valence electrons. The lowest BCUT2D eigenvalue weighted by Crippen LogP contribution is -2.40. The van der Waals surface area contributed by atoms with E-state index in [4.69, 9.17) is 0 Å². The summed E-state index contributed by atoms with van der Waals surface area (Å²) in [5.41, 5.74) is 0. The largest absolute Gasteiger partial charge is 0.391 e. The summed E-state index contributed by atoms with van der Waals surface area (Å²) < 4.78 is 0. The molecule has 2 unspecified atom stereocenters. The number of hydrogen-bond acceptors (Lipinski definition) is 2. The highest BCUT2D eigenvalue weighted by Gasteiger charge is 2.24. The molecule has 0 amide bonds. The van der Waals surface area contributed by atoms with Crippen molar-refractivity contribution in [3.05, 3.63) is 0 Å². The van der Waals surface area contributed by atoms with Crippen LogP contribution in [0, 0.1) is 0 Å². The number of nitrogens with zero attached hydrogens (tertiary/aromatic N) is 1. The van der Waals surface area contributed by atoms with E-state index in [2.05, 4.69) is 18.9 Å². The van der Waals surface area contributed by atoms with E-state index in [-0.39, 0.29) is 6.10 Å². The molecule has 1 N–H and O–H groups in total. The summed E-state index contributed by atoms with van der Waals surface area (Å²) in [7, 11) is 2.14. The Morgan fingerprint density at radius 1 is 1.23 bits per heavy atom. The topological polar surface area (TPSA) is 23.5 Å². The molecule has 0 aromatic heterocycles. The molecule has 0 aromatic carbocycles. The molecule has 2 heteroatoms. The van der Waals surface area contributed by atoms with Crippen molar-refractivity contribution in [1.29, 1.82) is 0 Å². The number of rotatable bonds is 3. The van der Waals surface area contributed by atoms with Gasteiger partial charge in [-0.25, -0.2) is 0 Å². The van der Waals surface area contributed by atoms with E-state index in [0.29, 0.717) is 6.04 Å². The number of likely N-dealkylation sites (N-methyl/N-ethyl adjacent to an activating group) is 1. The maximum absolute atomic E-state index is 9.90. The van der Waals surface area contributed by atoms with Crippen molar-refractivity contribution in [3.63, 3.8) is 0 Å². The van der Waals surface area contributed by atoms with Crippen LogP contribution in [0.5, 0.6) is 0 Å².